The van der Waals surface area contributed by atoms with Crippen LogP contribution in [-0.4, -0.2) is 11.9 Å². The van der Waals surface area contributed by atoms with Crippen LogP contribution in [0.15, 0.2) is 30.3 Å². The molecule has 1 saturated carbocycles. The van der Waals surface area contributed by atoms with E-state index in [1.54, 1.807) is 0 Å². The highest BCUT2D eigenvalue weighted by Gasteiger charge is 2.24. The molecule has 0 radical (unpaired) electrons. The number of amides is 1. The van der Waals surface area contributed by atoms with Crippen molar-refractivity contribution in [1.29, 1.82) is 0 Å². The smallest absolute Gasteiger partial charge is 0.222 e. The van der Waals surface area contributed by atoms with Crippen LogP contribution in [-0.2, 0) is 4.79 Å². The van der Waals surface area contributed by atoms with E-state index < -0.39 is 0 Å². The van der Waals surface area contributed by atoms with Gasteiger partial charge >= 0.3 is 0 Å². The van der Waals surface area contributed by atoms with Crippen molar-refractivity contribution in [1.82, 2.24) is 5.32 Å². The zero-order valence-electron chi connectivity index (χ0n) is 8.65. The van der Waals surface area contributed by atoms with Crippen molar-refractivity contribution in [3.63, 3.8) is 0 Å². The molecule has 0 bridgehead atoms. The van der Waals surface area contributed by atoms with Gasteiger partial charge in [-0.3, -0.25) is 4.79 Å². The largest absolute Gasteiger partial charge is 0.353 e. The molecule has 2 rings (SSSR count). The molecule has 1 atom stereocenters. The Labute approximate surface area is 89.7 Å². The molecule has 1 aliphatic carbocycles. The first-order valence-corrected chi connectivity index (χ1v) is 5.35. The summed E-state index contributed by atoms with van der Waals surface area (Å²) in [6.45, 7) is 0. The Morgan fingerprint density at radius 1 is 1.40 bits per heavy atom. The fourth-order valence-corrected chi connectivity index (χ4v) is 1.53. The van der Waals surface area contributed by atoms with Gasteiger partial charge in [-0.15, -0.1) is 0 Å². The molecule has 80 valence electrons. The van der Waals surface area contributed by atoms with Gasteiger partial charge in [-0.1, -0.05) is 30.3 Å². The number of carbonyl (C=O) groups excluding carboxylic acids is 1. The van der Waals surface area contributed by atoms with Gasteiger partial charge in [-0.25, -0.2) is 0 Å². The van der Waals surface area contributed by atoms with E-state index in [4.69, 9.17) is 5.73 Å². The van der Waals surface area contributed by atoms with Crippen molar-refractivity contribution in [3.05, 3.63) is 35.9 Å². The molecule has 1 unspecified atom stereocenters. The van der Waals surface area contributed by atoms with Crippen LogP contribution in [0.25, 0.3) is 0 Å². The van der Waals surface area contributed by atoms with E-state index >= 15 is 0 Å². The van der Waals surface area contributed by atoms with Gasteiger partial charge in [-0.2, -0.15) is 0 Å². The monoisotopic (exact) mass is 204 g/mol. The zero-order chi connectivity index (χ0) is 10.7. The van der Waals surface area contributed by atoms with Crippen LogP contribution >= 0.6 is 0 Å². The molecule has 0 spiro atoms. The van der Waals surface area contributed by atoms with Gasteiger partial charge in [0.2, 0.25) is 5.91 Å². The van der Waals surface area contributed by atoms with E-state index in [-0.39, 0.29) is 11.9 Å². The van der Waals surface area contributed by atoms with Crippen LogP contribution in [0.1, 0.15) is 30.9 Å². The molecule has 0 aliphatic heterocycles. The second-order valence-electron chi connectivity index (χ2n) is 4.06. The second-order valence-corrected chi connectivity index (χ2v) is 4.06. The van der Waals surface area contributed by atoms with Crippen molar-refractivity contribution in [3.8, 4) is 0 Å². The highest BCUT2D eigenvalue weighted by Crippen LogP contribution is 2.20. The number of hydrogen-bond donors (Lipinski definition) is 2. The maximum Gasteiger partial charge on any atom is 0.222 e. The predicted molar refractivity (Wildman–Crippen MR) is 59.2 cm³/mol. The van der Waals surface area contributed by atoms with Crippen LogP contribution in [0.2, 0.25) is 0 Å². The third-order valence-corrected chi connectivity index (χ3v) is 2.58. The van der Waals surface area contributed by atoms with Gasteiger partial charge < -0.3 is 11.1 Å². The lowest BCUT2D eigenvalue weighted by Crippen LogP contribution is -2.29. The number of hydrogen-bond acceptors (Lipinski definition) is 2. The topological polar surface area (TPSA) is 55.1 Å². The van der Waals surface area contributed by atoms with E-state index in [1.165, 1.54) is 0 Å². The number of rotatable bonds is 4. The first-order chi connectivity index (χ1) is 7.25. The SMILES string of the molecule is NC(CC(=O)NC1CC1)c1ccccc1. The molecule has 15 heavy (non-hydrogen) atoms. The van der Waals surface area contributed by atoms with Gasteiger partial charge in [0.1, 0.15) is 0 Å². The molecule has 0 heterocycles. The Bertz CT molecular complexity index is 333. The maximum atomic E-state index is 11.5. The number of nitrogens with one attached hydrogen (secondary N) is 1. The van der Waals surface area contributed by atoms with Gasteiger partial charge in [0.15, 0.2) is 0 Å². The summed E-state index contributed by atoms with van der Waals surface area (Å²) < 4.78 is 0. The van der Waals surface area contributed by atoms with Gasteiger partial charge in [-0.05, 0) is 18.4 Å². The molecule has 0 aromatic heterocycles. The van der Waals surface area contributed by atoms with Gasteiger partial charge in [0.05, 0.1) is 0 Å². The molecular formula is C12H16N2O. The van der Waals surface area contributed by atoms with Crippen LogP contribution in [0, 0.1) is 0 Å². The van der Waals surface area contributed by atoms with Crippen molar-refractivity contribution in [2.45, 2.75) is 31.3 Å². The number of nitrogens with two attached hydrogens (primary N) is 1. The van der Waals surface area contributed by atoms with Crippen molar-refractivity contribution >= 4 is 5.91 Å². The lowest BCUT2D eigenvalue weighted by atomic mass is 10.0. The highest BCUT2D eigenvalue weighted by molar-refractivity contribution is 5.77. The van der Waals surface area contributed by atoms with Crippen molar-refractivity contribution in [2.24, 2.45) is 5.73 Å². The molecule has 1 amide bonds. The van der Waals surface area contributed by atoms with Gasteiger partial charge in [0, 0.05) is 18.5 Å². The van der Waals surface area contributed by atoms with E-state index in [0.717, 1.165) is 18.4 Å². The minimum absolute atomic E-state index is 0.0638. The van der Waals surface area contributed by atoms with E-state index in [9.17, 15) is 4.79 Å². The molecule has 3 N–H and O–H groups in total. The minimum atomic E-state index is -0.190. The summed E-state index contributed by atoms with van der Waals surface area (Å²) in [7, 11) is 0. The molecule has 1 aliphatic rings. The fraction of sp³-hybridized carbons (Fsp3) is 0.417. The Hall–Kier alpha value is -1.35. The highest BCUT2D eigenvalue weighted by atomic mass is 16.1. The molecule has 3 nitrogen and oxygen atoms in total. The third kappa shape index (κ3) is 3.06. The Morgan fingerprint density at radius 3 is 2.67 bits per heavy atom. The van der Waals surface area contributed by atoms with Crippen LogP contribution in [0.5, 0.6) is 0 Å². The van der Waals surface area contributed by atoms with E-state index in [1.807, 2.05) is 30.3 Å². The van der Waals surface area contributed by atoms with Crippen LogP contribution in [0.4, 0.5) is 0 Å². The predicted octanol–water partition coefficient (Wildman–Crippen LogP) is 1.36. The molecule has 1 aromatic carbocycles. The summed E-state index contributed by atoms with van der Waals surface area (Å²) in [4.78, 5) is 11.5. The van der Waals surface area contributed by atoms with Gasteiger partial charge in [0.25, 0.3) is 0 Å². The quantitative estimate of drug-likeness (QED) is 0.778. The summed E-state index contributed by atoms with van der Waals surface area (Å²) in [6.07, 6.45) is 2.61. The van der Waals surface area contributed by atoms with Crippen molar-refractivity contribution < 1.29 is 4.79 Å². The van der Waals surface area contributed by atoms with E-state index in [0.29, 0.717) is 12.5 Å². The third-order valence-electron chi connectivity index (χ3n) is 2.58. The normalized spacial score (nSPS) is 17.1. The lowest BCUT2D eigenvalue weighted by molar-refractivity contribution is -0.121. The first kappa shape index (κ1) is 10.2. The molecule has 1 aromatic rings. The molecular weight excluding hydrogens is 188 g/mol. The minimum Gasteiger partial charge on any atom is -0.353 e. The summed E-state index contributed by atoms with van der Waals surface area (Å²) in [6, 6.07) is 9.96. The Kier molecular flexibility index (Phi) is 3.02. The van der Waals surface area contributed by atoms with E-state index in [2.05, 4.69) is 5.32 Å². The van der Waals surface area contributed by atoms with Crippen LogP contribution in [0.3, 0.4) is 0 Å². The lowest BCUT2D eigenvalue weighted by Gasteiger charge is -2.11. The standard InChI is InChI=1S/C12H16N2O/c13-11(9-4-2-1-3-5-9)8-12(15)14-10-6-7-10/h1-5,10-11H,6-8,13H2,(H,14,15). The Morgan fingerprint density at radius 2 is 2.07 bits per heavy atom. The molecule has 1 fully saturated rings. The summed E-state index contributed by atoms with van der Waals surface area (Å²) in [5.41, 5.74) is 6.95. The maximum absolute atomic E-state index is 11.5. The average Bonchev–Trinajstić information content (AvgIpc) is 3.03. The molecule has 3 heteroatoms. The average molecular weight is 204 g/mol. The summed E-state index contributed by atoms with van der Waals surface area (Å²) in [5, 5.41) is 2.94. The molecule has 0 saturated heterocycles. The van der Waals surface area contributed by atoms with Crippen LogP contribution < -0.4 is 11.1 Å². The fourth-order valence-electron chi connectivity index (χ4n) is 1.53. The van der Waals surface area contributed by atoms with Crippen molar-refractivity contribution in [2.75, 3.05) is 0 Å². The summed E-state index contributed by atoms with van der Waals surface area (Å²) in [5.74, 6) is 0.0638. The Balaban J connectivity index is 1.85. The summed E-state index contributed by atoms with van der Waals surface area (Å²) >= 11 is 0. The second kappa shape index (κ2) is 4.45. The number of benzene rings is 1. The number of carbonyl (C=O) groups is 1. The first-order valence-electron chi connectivity index (χ1n) is 5.35. The zero-order valence-corrected chi connectivity index (χ0v) is 8.65.